The smallest absolute Gasteiger partial charge is 0.304 e. The van der Waals surface area contributed by atoms with E-state index in [0.29, 0.717) is 11.7 Å². The van der Waals surface area contributed by atoms with Gasteiger partial charge in [-0.2, -0.15) is 4.39 Å². The molecule has 0 unspecified atom stereocenters. The van der Waals surface area contributed by atoms with Crippen molar-refractivity contribution in [2.75, 3.05) is 5.32 Å². The summed E-state index contributed by atoms with van der Waals surface area (Å²) in [7, 11) is 0. The van der Waals surface area contributed by atoms with Crippen molar-refractivity contribution in [1.29, 1.82) is 0 Å². The summed E-state index contributed by atoms with van der Waals surface area (Å²) in [5, 5.41) is 13.7. The number of halogens is 1. The first-order chi connectivity index (χ1) is 8.58. The molecule has 18 heavy (non-hydrogen) atoms. The van der Waals surface area contributed by atoms with Crippen LogP contribution in [-0.2, 0) is 0 Å². The number of benzene rings is 1. The predicted octanol–water partition coefficient (Wildman–Crippen LogP) is 4.11. The van der Waals surface area contributed by atoms with Gasteiger partial charge in [0.1, 0.15) is 0 Å². The molecule has 4 nitrogen and oxygen atoms in total. The molecule has 0 saturated heterocycles. The third-order valence-electron chi connectivity index (χ3n) is 2.79. The van der Waals surface area contributed by atoms with E-state index in [1.54, 1.807) is 6.07 Å². The minimum absolute atomic E-state index is 0.292. The van der Waals surface area contributed by atoms with Crippen molar-refractivity contribution < 1.29 is 9.31 Å². The average Bonchev–Trinajstić information content (AvgIpc) is 2.29. The normalized spacial score (nSPS) is 10.7. The van der Waals surface area contributed by atoms with Crippen LogP contribution in [0.3, 0.4) is 0 Å². The Morgan fingerprint density at radius 3 is 2.39 bits per heavy atom. The number of hydrogen-bond donors (Lipinski definition) is 1. The van der Waals surface area contributed by atoms with Gasteiger partial charge in [-0.15, -0.1) is 0 Å². The fraction of sp³-hybridized carbons (Fsp3) is 0.538. The van der Waals surface area contributed by atoms with E-state index in [1.807, 2.05) is 0 Å². The van der Waals surface area contributed by atoms with E-state index in [-0.39, 0.29) is 0 Å². The molecule has 1 rings (SSSR count). The third-order valence-corrected chi connectivity index (χ3v) is 2.79. The molecular weight excluding hydrogens is 235 g/mol. The summed E-state index contributed by atoms with van der Waals surface area (Å²) in [5.41, 5.74) is 0.119. The molecule has 0 aliphatic carbocycles. The van der Waals surface area contributed by atoms with Crippen LogP contribution in [0.5, 0.6) is 0 Å². The van der Waals surface area contributed by atoms with Crippen LogP contribution >= 0.6 is 0 Å². The first-order valence-corrected chi connectivity index (χ1v) is 6.29. The summed E-state index contributed by atoms with van der Waals surface area (Å²) in [5.74, 6) is -0.795. The van der Waals surface area contributed by atoms with Crippen molar-refractivity contribution in [1.82, 2.24) is 0 Å². The van der Waals surface area contributed by atoms with E-state index in [4.69, 9.17) is 0 Å². The SMILES string of the molecule is CCCC(CCC)Nc1ccc([N+](=O)[O-])c(F)c1. The van der Waals surface area contributed by atoms with Gasteiger partial charge in [-0.25, -0.2) is 0 Å². The molecule has 0 atom stereocenters. The van der Waals surface area contributed by atoms with Crippen LogP contribution in [0.25, 0.3) is 0 Å². The molecule has 0 bridgehead atoms. The van der Waals surface area contributed by atoms with Crippen molar-refractivity contribution in [3.63, 3.8) is 0 Å². The highest BCUT2D eigenvalue weighted by Crippen LogP contribution is 2.22. The minimum Gasteiger partial charge on any atom is -0.382 e. The van der Waals surface area contributed by atoms with Crippen molar-refractivity contribution in [2.24, 2.45) is 0 Å². The molecule has 0 fully saturated rings. The fourth-order valence-corrected chi connectivity index (χ4v) is 1.97. The van der Waals surface area contributed by atoms with Crippen LogP contribution in [-0.4, -0.2) is 11.0 Å². The van der Waals surface area contributed by atoms with Crippen LogP contribution < -0.4 is 5.32 Å². The largest absolute Gasteiger partial charge is 0.382 e. The molecule has 100 valence electrons. The summed E-state index contributed by atoms with van der Waals surface area (Å²) in [6, 6.07) is 4.24. The first-order valence-electron chi connectivity index (χ1n) is 6.29. The monoisotopic (exact) mass is 254 g/mol. The molecule has 0 amide bonds. The van der Waals surface area contributed by atoms with Gasteiger partial charge in [0.25, 0.3) is 0 Å². The topological polar surface area (TPSA) is 55.2 Å². The lowest BCUT2D eigenvalue weighted by molar-refractivity contribution is -0.387. The highest BCUT2D eigenvalue weighted by Gasteiger charge is 2.15. The Labute approximate surface area is 106 Å². The van der Waals surface area contributed by atoms with E-state index in [0.717, 1.165) is 25.7 Å². The van der Waals surface area contributed by atoms with E-state index < -0.39 is 16.4 Å². The Bertz CT molecular complexity index is 404. The van der Waals surface area contributed by atoms with E-state index in [1.165, 1.54) is 12.1 Å². The van der Waals surface area contributed by atoms with E-state index >= 15 is 0 Å². The Morgan fingerprint density at radius 1 is 1.33 bits per heavy atom. The van der Waals surface area contributed by atoms with Crippen molar-refractivity contribution in [3.8, 4) is 0 Å². The maximum Gasteiger partial charge on any atom is 0.304 e. The Morgan fingerprint density at radius 2 is 1.94 bits per heavy atom. The van der Waals surface area contributed by atoms with Gasteiger partial charge >= 0.3 is 5.69 Å². The number of rotatable bonds is 7. The minimum atomic E-state index is -0.795. The number of nitro benzene ring substituents is 1. The second-order valence-corrected chi connectivity index (χ2v) is 4.34. The molecule has 0 aliphatic heterocycles. The van der Waals surface area contributed by atoms with Gasteiger partial charge < -0.3 is 5.32 Å². The van der Waals surface area contributed by atoms with Crippen LogP contribution in [0.2, 0.25) is 0 Å². The molecule has 1 aromatic carbocycles. The predicted molar refractivity (Wildman–Crippen MR) is 70.3 cm³/mol. The van der Waals surface area contributed by atoms with Crippen molar-refractivity contribution in [3.05, 3.63) is 34.1 Å². The summed E-state index contributed by atoms with van der Waals surface area (Å²) in [4.78, 5) is 9.79. The fourth-order valence-electron chi connectivity index (χ4n) is 1.97. The van der Waals surface area contributed by atoms with Crippen molar-refractivity contribution >= 4 is 11.4 Å². The summed E-state index contributed by atoms with van der Waals surface area (Å²) >= 11 is 0. The highest BCUT2D eigenvalue weighted by atomic mass is 19.1. The Balaban J connectivity index is 2.77. The molecule has 0 aliphatic rings. The van der Waals surface area contributed by atoms with Gasteiger partial charge in [0.2, 0.25) is 5.82 Å². The standard InChI is InChI=1S/C13H19FN2O2/c1-3-5-10(6-4-2)15-11-7-8-13(16(17)18)12(14)9-11/h7-10,15H,3-6H2,1-2H3. The number of nitrogens with one attached hydrogen (secondary N) is 1. The molecule has 0 radical (unpaired) electrons. The van der Waals surface area contributed by atoms with Crippen LogP contribution in [0.15, 0.2) is 18.2 Å². The number of anilines is 1. The van der Waals surface area contributed by atoms with E-state index in [9.17, 15) is 14.5 Å². The molecule has 0 heterocycles. The zero-order valence-electron chi connectivity index (χ0n) is 10.8. The lowest BCUT2D eigenvalue weighted by Gasteiger charge is -2.18. The number of hydrogen-bond acceptors (Lipinski definition) is 3. The molecule has 5 heteroatoms. The van der Waals surface area contributed by atoms with Gasteiger partial charge in [-0.05, 0) is 18.9 Å². The van der Waals surface area contributed by atoms with E-state index in [2.05, 4.69) is 19.2 Å². The second-order valence-electron chi connectivity index (χ2n) is 4.34. The Kier molecular flexibility index (Phi) is 5.55. The Hall–Kier alpha value is -1.65. The molecule has 0 spiro atoms. The molecule has 0 saturated carbocycles. The van der Waals surface area contributed by atoms with Crippen LogP contribution in [0, 0.1) is 15.9 Å². The van der Waals surface area contributed by atoms with Crippen LogP contribution in [0.1, 0.15) is 39.5 Å². The molecule has 1 aromatic rings. The zero-order chi connectivity index (χ0) is 13.5. The zero-order valence-corrected chi connectivity index (χ0v) is 10.8. The average molecular weight is 254 g/mol. The van der Waals surface area contributed by atoms with Crippen molar-refractivity contribution in [2.45, 2.75) is 45.6 Å². The number of nitro groups is 1. The van der Waals surface area contributed by atoms with Gasteiger partial charge in [0, 0.05) is 23.9 Å². The van der Waals surface area contributed by atoms with Gasteiger partial charge in [-0.1, -0.05) is 26.7 Å². The molecular formula is C13H19FN2O2. The maximum absolute atomic E-state index is 13.4. The van der Waals surface area contributed by atoms with Gasteiger partial charge in [0.05, 0.1) is 4.92 Å². The third kappa shape index (κ3) is 3.98. The number of nitrogens with zero attached hydrogens (tertiary/aromatic N) is 1. The quantitative estimate of drug-likeness (QED) is 0.588. The summed E-state index contributed by atoms with van der Waals surface area (Å²) in [6.07, 6.45) is 4.11. The lowest BCUT2D eigenvalue weighted by Crippen LogP contribution is -2.18. The second kappa shape index (κ2) is 6.93. The highest BCUT2D eigenvalue weighted by molar-refractivity contribution is 5.50. The van der Waals surface area contributed by atoms with Crippen LogP contribution in [0.4, 0.5) is 15.8 Å². The van der Waals surface area contributed by atoms with Gasteiger partial charge in [0.15, 0.2) is 0 Å². The van der Waals surface area contributed by atoms with Gasteiger partial charge in [-0.3, -0.25) is 10.1 Å². The lowest BCUT2D eigenvalue weighted by atomic mass is 10.1. The first kappa shape index (κ1) is 14.4. The molecule has 1 N–H and O–H groups in total. The summed E-state index contributed by atoms with van der Waals surface area (Å²) < 4.78 is 13.4. The maximum atomic E-state index is 13.4. The summed E-state index contributed by atoms with van der Waals surface area (Å²) in [6.45, 7) is 4.20. The molecule has 0 aromatic heterocycles.